The first kappa shape index (κ1) is 21.9. The van der Waals surface area contributed by atoms with Crippen LogP contribution in [0.1, 0.15) is 43.2 Å². The number of halogens is 1. The van der Waals surface area contributed by atoms with E-state index in [4.69, 9.17) is 5.73 Å². The first-order valence-corrected chi connectivity index (χ1v) is 9.65. The zero-order valence-electron chi connectivity index (χ0n) is 13.8. The SMILES string of the molecule is Cc1c(CS(C)(=O)=O)cccc1NC(=O)CCCCCCN.Cl. The minimum atomic E-state index is -3.09. The van der Waals surface area contributed by atoms with Crippen LogP contribution < -0.4 is 11.1 Å². The van der Waals surface area contributed by atoms with Crippen molar-refractivity contribution in [1.82, 2.24) is 0 Å². The average molecular weight is 363 g/mol. The molecule has 0 aromatic heterocycles. The normalized spacial score (nSPS) is 10.9. The lowest BCUT2D eigenvalue weighted by molar-refractivity contribution is -0.116. The number of unbranched alkanes of at least 4 members (excludes halogenated alkanes) is 3. The predicted molar refractivity (Wildman–Crippen MR) is 97.7 cm³/mol. The summed E-state index contributed by atoms with van der Waals surface area (Å²) < 4.78 is 22.8. The van der Waals surface area contributed by atoms with Gasteiger partial charge in [-0.3, -0.25) is 4.79 Å². The maximum Gasteiger partial charge on any atom is 0.224 e. The van der Waals surface area contributed by atoms with Crippen molar-refractivity contribution in [3.05, 3.63) is 29.3 Å². The summed E-state index contributed by atoms with van der Waals surface area (Å²) in [6.07, 6.45) is 5.56. The van der Waals surface area contributed by atoms with E-state index < -0.39 is 9.84 Å². The molecule has 132 valence electrons. The minimum absolute atomic E-state index is 0. The molecular formula is C16H27ClN2O3S. The molecule has 0 fully saturated rings. The second kappa shape index (κ2) is 10.6. The van der Waals surface area contributed by atoms with Crippen LogP contribution in [0.4, 0.5) is 5.69 Å². The molecule has 0 unspecified atom stereocenters. The Morgan fingerprint density at radius 2 is 1.83 bits per heavy atom. The van der Waals surface area contributed by atoms with Crippen LogP contribution in [0.2, 0.25) is 0 Å². The van der Waals surface area contributed by atoms with Crippen molar-refractivity contribution >= 4 is 33.8 Å². The lowest BCUT2D eigenvalue weighted by Gasteiger charge is -2.12. The number of carbonyl (C=O) groups excluding carboxylic acids is 1. The molecule has 0 aliphatic carbocycles. The van der Waals surface area contributed by atoms with E-state index in [2.05, 4.69) is 5.32 Å². The van der Waals surface area contributed by atoms with Crippen LogP contribution in [0.3, 0.4) is 0 Å². The molecule has 0 aliphatic rings. The van der Waals surface area contributed by atoms with Gasteiger partial charge in [0.25, 0.3) is 0 Å². The molecule has 3 N–H and O–H groups in total. The van der Waals surface area contributed by atoms with Gasteiger partial charge in [0.2, 0.25) is 5.91 Å². The third-order valence-electron chi connectivity index (χ3n) is 3.50. The number of carbonyl (C=O) groups is 1. The van der Waals surface area contributed by atoms with Gasteiger partial charge in [0.1, 0.15) is 0 Å². The lowest BCUT2D eigenvalue weighted by atomic mass is 10.1. The molecule has 0 saturated heterocycles. The monoisotopic (exact) mass is 362 g/mol. The summed E-state index contributed by atoms with van der Waals surface area (Å²) in [5, 5.41) is 2.87. The van der Waals surface area contributed by atoms with Crippen LogP contribution in [0.25, 0.3) is 0 Å². The molecule has 0 saturated carbocycles. The van der Waals surface area contributed by atoms with Crippen molar-refractivity contribution in [1.29, 1.82) is 0 Å². The van der Waals surface area contributed by atoms with E-state index in [0.29, 0.717) is 18.7 Å². The van der Waals surface area contributed by atoms with Gasteiger partial charge in [-0.25, -0.2) is 8.42 Å². The molecule has 23 heavy (non-hydrogen) atoms. The molecule has 0 radical (unpaired) electrons. The van der Waals surface area contributed by atoms with Crippen molar-refractivity contribution in [2.24, 2.45) is 5.73 Å². The molecule has 0 aliphatic heterocycles. The number of amides is 1. The second-order valence-corrected chi connectivity index (χ2v) is 7.80. The second-order valence-electron chi connectivity index (χ2n) is 5.66. The highest BCUT2D eigenvalue weighted by Gasteiger charge is 2.11. The zero-order valence-corrected chi connectivity index (χ0v) is 15.4. The number of hydrogen-bond donors (Lipinski definition) is 2. The summed E-state index contributed by atoms with van der Waals surface area (Å²) in [6, 6.07) is 5.34. The zero-order chi connectivity index (χ0) is 16.6. The van der Waals surface area contributed by atoms with E-state index in [1.54, 1.807) is 18.2 Å². The standard InChI is InChI=1S/C16H26N2O3S.ClH/c1-13-14(12-22(2,20)21)8-7-9-15(13)18-16(19)10-5-3-4-6-11-17;/h7-9H,3-6,10-12,17H2,1-2H3,(H,18,19);1H. The molecule has 0 atom stereocenters. The van der Waals surface area contributed by atoms with Gasteiger partial charge < -0.3 is 11.1 Å². The van der Waals surface area contributed by atoms with Crippen molar-refractivity contribution in [2.45, 2.75) is 44.8 Å². The van der Waals surface area contributed by atoms with Gasteiger partial charge in [0.15, 0.2) is 9.84 Å². The Morgan fingerprint density at radius 1 is 1.17 bits per heavy atom. The molecule has 7 heteroatoms. The Hall–Kier alpha value is -1.11. The summed E-state index contributed by atoms with van der Waals surface area (Å²) in [5.41, 5.74) is 7.65. The maximum atomic E-state index is 11.9. The van der Waals surface area contributed by atoms with Gasteiger partial charge in [0, 0.05) is 18.4 Å². The number of rotatable bonds is 9. The number of nitrogens with one attached hydrogen (secondary N) is 1. The Balaban J connectivity index is 0.00000484. The minimum Gasteiger partial charge on any atom is -0.330 e. The van der Waals surface area contributed by atoms with Crippen molar-refractivity contribution < 1.29 is 13.2 Å². The maximum absolute atomic E-state index is 11.9. The summed E-state index contributed by atoms with van der Waals surface area (Å²) in [7, 11) is -3.09. The van der Waals surface area contributed by atoms with Gasteiger partial charge in [0.05, 0.1) is 5.75 Å². The van der Waals surface area contributed by atoms with Crippen LogP contribution >= 0.6 is 12.4 Å². The molecule has 0 bridgehead atoms. The highest BCUT2D eigenvalue weighted by Crippen LogP contribution is 2.21. The highest BCUT2D eigenvalue weighted by atomic mass is 35.5. The first-order chi connectivity index (χ1) is 10.3. The Morgan fingerprint density at radius 3 is 2.43 bits per heavy atom. The third-order valence-corrected chi connectivity index (χ3v) is 4.33. The fourth-order valence-corrected chi connectivity index (χ4v) is 3.13. The van der Waals surface area contributed by atoms with E-state index >= 15 is 0 Å². The number of benzene rings is 1. The van der Waals surface area contributed by atoms with Gasteiger partial charge >= 0.3 is 0 Å². The summed E-state index contributed by atoms with van der Waals surface area (Å²) in [4.78, 5) is 11.9. The van der Waals surface area contributed by atoms with E-state index in [-0.39, 0.29) is 24.1 Å². The third kappa shape index (κ3) is 8.93. The molecule has 1 aromatic rings. The van der Waals surface area contributed by atoms with Crippen molar-refractivity contribution in [3.8, 4) is 0 Å². The number of hydrogen-bond acceptors (Lipinski definition) is 4. The van der Waals surface area contributed by atoms with Gasteiger partial charge in [-0.2, -0.15) is 0 Å². The highest BCUT2D eigenvalue weighted by molar-refractivity contribution is 7.89. The van der Waals surface area contributed by atoms with E-state index in [0.717, 1.165) is 36.8 Å². The van der Waals surface area contributed by atoms with Crippen LogP contribution in [-0.2, 0) is 20.4 Å². The smallest absolute Gasteiger partial charge is 0.224 e. The molecular weight excluding hydrogens is 336 g/mol. The average Bonchev–Trinajstić information content (AvgIpc) is 2.41. The fraction of sp³-hybridized carbons (Fsp3) is 0.562. The van der Waals surface area contributed by atoms with Crippen LogP contribution in [0.15, 0.2) is 18.2 Å². The van der Waals surface area contributed by atoms with Crippen molar-refractivity contribution in [3.63, 3.8) is 0 Å². The van der Waals surface area contributed by atoms with Gasteiger partial charge in [-0.05, 0) is 43.5 Å². The van der Waals surface area contributed by atoms with Gasteiger partial charge in [-0.1, -0.05) is 25.0 Å². The number of anilines is 1. The molecule has 5 nitrogen and oxygen atoms in total. The molecule has 0 spiro atoms. The number of nitrogens with two attached hydrogens (primary N) is 1. The number of sulfone groups is 1. The topological polar surface area (TPSA) is 89.3 Å². The largest absolute Gasteiger partial charge is 0.330 e. The predicted octanol–water partition coefficient (Wildman–Crippen LogP) is 2.81. The lowest BCUT2D eigenvalue weighted by Crippen LogP contribution is -2.13. The molecule has 1 rings (SSSR count). The summed E-state index contributed by atoms with van der Waals surface area (Å²) in [6.45, 7) is 2.52. The van der Waals surface area contributed by atoms with Crippen LogP contribution in [-0.4, -0.2) is 27.1 Å². The Kier molecular flexibility index (Phi) is 10.1. The van der Waals surface area contributed by atoms with E-state index in [1.165, 1.54) is 6.26 Å². The first-order valence-electron chi connectivity index (χ1n) is 7.59. The van der Waals surface area contributed by atoms with Gasteiger partial charge in [-0.15, -0.1) is 12.4 Å². The summed E-state index contributed by atoms with van der Waals surface area (Å²) in [5.74, 6) is -0.0471. The summed E-state index contributed by atoms with van der Waals surface area (Å²) >= 11 is 0. The van der Waals surface area contributed by atoms with Crippen molar-refractivity contribution in [2.75, 3.05) is 18.1 Å². The Labute approximate surface area is 145 Å². The van der Waals surface area contributed by atoms with Crippen LogP contribution in [0, 0.1) is 6.92 Å². The molecule has 0 heterocycles. The van der Waals surface area contributed by atoms with Crippen LogP contribution in [0.5, 0.6) is 0 Å². The molecule has 1 aromatic carbocycles. The molecule has 1 amide bonds. The fourth-order valence-electron chi connectivity index (χ4n) is 2.25. The Bertz CT molecular complexity index is 603. The van der Waals surface area contributed by atoms with E-state index in [1.807, 2.05) is 6.92 Å². The quantitative estimate of drug-likeness (QED) is 0.661. The van der Waals surface area contributed by atoms with E-state index in [9.17, 15) is 13.2 Å².